The fraction of sp³-hybridized carbons (Fsp3) is 0.188. The van der Waals surface area contributed by atoms with Crippen LogP contribution < -0.4 is 10.6 Å². The standard InChI is InChI=1S/C16H17ClN2O/c1-2-18-16(20)13-5-9-15(10-6-13)19-11-12-3-7-14(17)8-4-12/h3-10,19H,2,11H2,1H3,(H,18,20). The molecule has 2 rings (SSSR count). The number of amides is 1. The van der Waals surface area contributed by atoms with E-state index in [4.69, 9.17) is 11.6 Å². The summed E-state index contributed by atoms with van der Waals surface area (Å²) in [6.45, 7) is 3.26. The van der Waals surface area contributed by atoms with Gasteiger partial charge in [0, 0.05) is 29.4 Å². The first-order chi connectivity index (χ1) is 9.69. The maximum absolute atomic E-state index is 11.6. The van der Waals surface area contributed by atoms with Gasteiger partial charge >= 0.3 is 0 Å². The van der Waals surface area contributed by atoms with Gasteiger partial charge in [-0.25, -0.2) is 0 Å². The van der Waals surface area contributed by atoms with Crippen molar-refractivity contribution in [3.63, 3.8) is 0 Å². The van der Waals surface area contributed by atoms with Crippen LogP contribution in [0.25, 0.3) is 0 Å². The summed E-state index contributed by atoms with van der Waals surface area (Å²) in [7, 11) is 0. The Morgan fingerprint density at radius 1 is 1.05 bits per heavy atom. The normalized spacial score (nSPS) is 10.1. The van der Waals surface area contributed by atoms with Crippen molar-refractivity contribution in [2.45, 2.75) is 13.5 Å². The zero-order chi connectivity index (χ0) is 14.4. The van der Waals surface area contributed by atoms with E-state index in [0.29, 0.717) is 12.1 Å². The average molecular weight is 289 g/mol. The second-order valence-electron chi connectivity index (χ2n) is 4.42. The van der Waals surface area contributed by atoms with Crippen LogP contribution in [-0.2, 0) is 6.54 Å². The van der Waals surface area contributed by atoms with Gasteiger partial charge in [0.25, 0.3) is 5.91 Å². The van der Waals surface area contributed by atoms with Crippen molar-refractivity contribution in [2.75, 3.05) is 11.9 Å². The number of halogens is 1. The van der Waals surface area contributed by atoms with Crippen molar-refractivity contribution in [2.24, 2.45) is 0 Å². The number of hydrogen-bond acceptors (Lipinski definition) is 2. The summed E-state index contributed by atoms with van der Waals surface area (Å²) in [4.78, 5) is 11.6. The van der Waals surface area contributed by atoms with Crippen molar-refractivity contribution in [1.82, 2.24) is 5.32 Å². The molecule has 0 aliphatic carbocycles. The Hall–Kier alpha value is -2.00. The lowest BCUT2D eigenvalue weighted by molar-refractivity contribution is 0.0956. The van der Waals surface area contributed by atoms with E-state index in [1.54, 1.807) is 0 Å². The first kappa shape index (κ1) is 14.4. The predicted octanol–water partition coefficient (Wildman–Crippen LogP) is 3.70. The molecule has 0 saturated heterocycles. The van der Waals surface area contributed by atoms with Crippen molar-refractivity contribution in [3.8, 4) is 0 Å². The van der Waals surface area contributed by atoms with Crippen molar-refractivity contribution in [1.29, 1.82) is 0 Å². The molecule has 1 amide bonds. The zero-order valence-electron chi connectivity index (χ0n) is 11.3. The molecule has 4 heteroatoms. The molecule has 0 atom stereocenters. The number of benzene rings is 2. The Kier molecular flexibility index (Phi) is 5.02. The van der Waals surface area contributed by atoms with E-state index >= 15 is 0 Å². The van der Waals surface area contributed by atoms with Crippen molar-refractivity contribution in [3.05, 3.63) is 64.7 Å². The minimum atomic E-state index is -0.0447. The molecule has 0 spiro atoms. The van der Waals surface area contributed by atoms with Crippen LogP contribution in [0.1, 0.15) is 22.8 Å². The molecular weight excluding hydrogens is 272 g/mol. The Morgan fingerprint density at radius 3 is 2.30 bits per heavy atom. The Balaban J connectivity index is 1.93. The van der Waals surface area contributed by atoms with E-state index in [1.807, 2.05) is 55.5 Å². The third kappa shape index (κ3) is 4.00. The highest BCUT2D eigenvalue weighted by Gasteiger charge is 2.03. The number of hydrogen-bond donors (Lipinski definition) is 2. The van der Waals surface area contributed by atoms with E-state index in [2.05, 4.69) is 10.6 Å². The summed E-state index contributed by atoms with van der Waals surface area (Å²) in [5.74, 6) is -0.0447. The summed E-state index contributed by atoms with van der Waals surface area (Å²) < 4.78 is 0. The first-order valence-corrected chi connectivity index (χ1v) is 6.93. The molecule has 2 aromatic carbocycles. The van der Waals surface area contributed by atoms with Gasteiger partial charge in [-0.3, -0.25) is 4.79 Å². The fourth-order valence-corrected chi connectivity index (χ4v) is 1.93. The molecule has 0 aliphatic rings. The van der Waals surface area contributed by atoms with E-state index in [0.717, 1.165) is 22.8 Å². The lowest BCUT2D eigenvalue weighted by atomic mass is 10.2. The minimum absolute atomic E-state index is 0.0447. The summed E-state index contributed by atoms with van der Waals surface area (Å²) in [6.07, 6.45) is 0. The van der Waals surface area contributed by atoms with Gasteiger partial charge in [0.2, 0.25) is 0 Å². The topological polar surface area (TPSA) is 41.1 Å². The second kappa shape index (κ2) is 6.96. The molecule has 0 saturated carbocycles. The summed E-state index contributed by atoms with van der Waals surface area (Å²) in [5.41, 5.74) is 2.80. The predicted molar refractivity (Wildman–Crippen MR) is 83.2 cm³/mol. The van der Waals surface area contributed by atoms with E-state index < -0.39 is 0 Å². The van der Waals surface area contributed by atoms with Crippen LogP contribution >= 0.6 is 11.6 Å². The van der Waals surface area contributed by atoms with Crippen LogP contribution in [-0.4, -0.2) is 12.5 Å². The van der Waals surface area contributed by atoms with Crippen LogP contribution in [0.5, 0.6) is 0 Å². The molecule has 3 nitrogen and oxygen atoms in total. The lowest BCUT2D eigenvalue weighted by Crippen LogP contribution is -2.22. The first-order valence-electron chi connectivity index (χ1n) is 6.55. The van der Waals surface area contributed by atoms with Crippen LogP contribution in [0.15, 0.2) is 48.5 Å². The molecule has 2 N–H and O–H groups in total. The Labute approximate surface area is 124 Å². The minimum Gasteiger partial charge on any atom is -0.381 e. The third-order valence-electron chi connectivity index (χ3n) is 2.89. The SMILES string of the molecule is CCNC(=O)c1ccc(NCc2ccc(Cl)cc2)cc1. The molecule has 0 unspecified atom stereocenters. The zero-order valence-corrected chi connectivity index (χ0v) is 12.1. The molecule has 104 valence electrons. The third-order valence-corrected chi connectivity index (χ3v) is 3.15. The van der Waals surface area contributed by atoms with Crippen LogP contribution in [0.2, 0.25) is 5.02 Å². The van der Waals surface area contributed by atoms with Gasteiger partial charge in [0.05, 0.1) is 0 Å². The second-order valence-corrected chi connectivity index (χ2v) is 4.85. The van der Waals surface area contributed by atoms with Crippen molar-refractivity contribution >= 4 is 23.2 Å². The molecule has 2 aromatic rings. The van der Waals surface area contributed by atoms with E-state index in [1.165, 1.54) is 0 Å². The van der Waals surface area contributed by atoms with Crippen LogP contribution in [0.3, 0.4) is 0 Å². The summed E-state index contributed by atoms with van der Waals surface area (Å²) in [6, 6.07) is 15.1. The van der Waals surface area contributed by atoms with Gasteiger partial charge < -0.3 is 10.6 Å². The highest BCUT2D eigenvalue weighted by atomic mass is 35.5. The molecule has 0 bridgehead atoms. The molecular formula is C16H17ClN2O. The van der Waals surface area contributed by atoms with E-state index in [-0.39, 0.29) is 5.91 Å². The highest BCUT2D eigenvalue weighted by molar-refractivity contribution is 6.30. The van der Waals surface area contributed by atoms with Crippen molar-refractivity contribution < 1.29 is 4.79 Å². The molecule has 20 heavy (non-hydrogen) atoms. The highest BCUT2D eigenvalue weighted by Crippen LogP contribution is 2.13. The number of rotatable bonds is 5. The molecule has 0 aliphatic heterocycles. The van der Waals surface area contributed by atoms with E-state index in [9.17, 15) is 4.79 Å². The van der Waals surface area contributed by atoms with Gasteiger partial charge in [-0.15, -0.1) is 0 Å². The average Bonchev–Trinajstić information content (AvgIpc) is 2.47. The van der Waals surface area contributed by atoms with Gasteiger partial charge in [-0.1, -0.05) is 23.7 Å². The molecule has 0 aromatic heterocycles. The fourth-order valence-electron chi connectivity index (χ4n) is 1.81. The maximum atomic E-state index is 11.6. The quantitative estimate of drug-likeness (QED) is 0.881. The smallest absolute Gasteiger partial charge is 0.251 e. The largest absolute Gasteiger partial charge is 0.381 e. The Bertz CT molecular complexity index is 564. The lowest BCUT2D eigenvalue weighted by Gasteiger charge is -2.08. The molecule has 0 heterocycles. The van der Waals surface area contributed by atoms with Gasteiger partial charge in [0.15, 0.2) is 0 Å². The summed E-state index contributed by atoms with van der Waals surface area (Å²) in [5, 5.41) is 6.81. The van der Waals surface area contributed by atoms with Gasteiger partial charge in [-0.2, -0.15) is 0 Å². The Morgan fingerprint density at radius 2 is 1.70 bits per heavy atom. The number of nitrogens with one attached hydrogen (secondary N) is 2. The maximum Gasteiger partial charge on any atom is 0.251 e. The van der Waals surface area contributed by atoms with Gasteiger partial charge in [-0.05, 0) is 48.9 Å². The van der Waals surface area contributed by atoms with Gasteiger partial charge in [0.1, 0.15) is 0 Å². The molecule has 0 radical (unpaired) electrons. The number of carbonyl (C=O) groups is 1. The summed E-state index contributed by atoms with van der Waals surface area (Å²) >= 11 is 5.84. The molecule has 0 fully saturated rings. The number of carbonyl (C=O) groups excluding carboxylic acids is 1. The monoisotopic (exact) mass is 288 g/mol. The van der Waals surface area contributed by atoms with Crippen LogP contribution in [0.4, 0.5) is 5.69 Å². The van der Waals surface area contributed by atoms with Crippen LogP contribution in [0, 0.1) is 0 Å². The number of anilines is 1.